The van der Waals surface area contributed by atoms with Gasteiger partial charge in [0.1, 0.15) is 41.0 Å². The minimum atomic E-state index is -2.64. The number of carbonyl (C=O) groups excluding carboxylic acids is 2. The smallest absolute Gasteiger partial charge is 0.412 e. The first-order valence-electron chi connectivity index (χ1n) is 18.8. The molecule has 2 heterocycles. The number of alkyl carbamates (subject to hydrolysis) is 1. The third-order valence-corrected chi connectivity index (χ3v) is 19.1. The summed E-state index contributed by atoms with van der Waals surface area (Å²) in [5, 5.41) is 2.07. The second-order valence-electron chi connectivity index (χ2n) is 19.2. The molecule has 1 aliphatic rings. The number of methoxy groups -OCH3 is 1. The van der Waals surface area contributed by atoms with Gasteiger partial charge in [-0.3, -0.25) is 19.2 Å². The molecule has 0 bridgehead atoms. The SMILES string of the molecule is COc1ccc(Cn2c(=O)ccn([C@@H]3O[C@H](/C=C(\NC(=O)OC(C)(C)C)C(=O)OC(C)(C)C)[C@@H](O[Si](C)(C)C(C)(C)C)[C@H]3O[Si](C)(C)C(C)(C)C)c2=O)cc1. The zero-order chi connectivity index (χ0) is 42.1. The predicted molar refractivity (Wildman–Crippen MR) is 218 cm³/mol. The second kappa shape index (κ2) is 16.5. The lowest BCUT2D eigenvalue weighted by atomic mass is 10.1. The zero-order valence-electron chi connectivity index (χ0n) is 36.0. The topological polar surface area (TPSA) is 146 Å². The molecule has 0 spiro atoms. The fraction of sp³-hybridized carbons (Fsp3) is 0.650. The molecule has 0 unspecified atom stereocenters. The van der Waals surface area contributed by atoms with E-state index < -0.39 is 75.7 Å². The molecule has 0 aliphatic carbocycles. The van der Waals surface area contributed by atoms with E-state index in [4.69, 9.17) is 27.8 Å². The van der Waals surface area contributed by atoms with Crippen molar-refractivity contribution in [3.8, 4) is 5.75 Å². The molecule has 0 radical (unpaired) electrons. The molecular weight excluding hydrogens is 739 g/mol. The Morgan fingerprint density at radius 2 is 1.29 bits per heavy atom. The van der Waals surface area contributed by atoms with Crippen LogP contribution in [-0.4, -0.2) is 74.5 Å². The summed E-state index contributed by atoms with van der Waals surface area (Å²) in [6.45, 7) is 31.3. The highest BCUT2D eigenvalue weighted by molar-refractivity contribution is 6.74. The molecule has 15 heteroatoms. The lowest BCUT2D eigenvalue weighted by Crippen LogP contribution is -2.54. The molecule has 3 rings (SSSR count). The second-order valence-corrected chi connectivity index (χ2v) is 28.7. The van der Waals surface area contributed by atoms with Gasteiger partial charge in [-0.2, -0.15) is 0 Å². The van der Waals surface area contributed by atoms with Gasteiger partial charge in [0.2, 0.25) is 0 Å². The quantitative estimate of drug-likeness (QED) is 0.138. The van der Waals surface area contributed by atoms with Crippen molar-refractivity contribution >= 4 is 28.7 Å². The van der Waals surface area contributed by atoms with Crippen LogP contribution < -0.4 is 21.3 Å². The fourth-order valence-electron chi connectivity index (χ4n) is 5.17. The Balaban J connectivity index is 2.33. The van der Waals surface area contributed by atoms with E-state index in [1.165, 1.54) is 22.9 Å². The highest BCUT2D eigenvalue weighted by Gasteiger charge is 2.54. The molecular formula is C40H65N3O10Si2. The van der Waals surface area contributed by atoms with Gasteiger partial charge in [0.05, 0.1) is 13.7 Å². The van der Waals surface area contributed by atoms with E-state index in [-0.39, 0.29) is 22.3 Å². The summed E-state index contributed by atoms with van der Waals surface area (Å²) >= 11 is 0. The predicted octanol–water partition coefficient (Wildman–Crippen LogP) is 7.50. The number of hydrogen-bond donors (Lipinski definition) is 1. The molecule has 1 amide bonds. The number of ether oxygens (including phenoxy) is 4. The molecule has 308 valence electrons. The van der Waals surface area contributed by atoms with Crippen molar-refractivity contribution < 1.29 is 37.4 Å². The van der Waals surface area contributed by atoms with E-state index in [9.17, 15) is 19.2 Å². The largest absolute Gasteiger partial charge is 0.497 e. The van der Waals surface area contributed by atoms with Crippen molar-refractivity contribution in [2.45, 2.75) is 162 Å². The van der Waals surface area contributed by atoms with Gasteiger partial charge in [-0.25, -0.2) is 14.4 Å². The monoisotopic (exact) mass is 803 g/mol. The van der Waals surface area contributed by atoms with Gasteiger partial charge in [0, 0.05) is 12.3 Å². The minimum Gasteiger partial charge on any atom is -0.497 e. The van der Waals surface area contributed by atoms with Crippen LogP contribution in [0.3, 0.4) is 0 Å². The summed E-state index contributed by atoms with van der Waals surface area (Å²) in [7, 11) is -3.71. The average Bonchev–Trinajstić information content (AvgIpc) is 3.30. The Bertz CT molecular complexity index is 1820. The highest BCUT2D eigenvalue weighted by atomic mass is 28.4. The van der Waals surface area contributed by atoms with E-state index in [1.54, 1.807) is 72.9 Å². The first-order chi connectivity index (χ1) is 24.9. The van der Waals surface area contributed by atoms with Crippen molar-refractivity contribution in [2.75, 3.05) is 7.11 Å². The first-order valence-corrected chi connectivity index (χ1v) is 24.6. The maximum Gasteiger partial charge on any atom is 0.412 e. The molecule has 13 nitrogen and oxygen atoms in total. The number of carbonyl (C=O) groups is 2. The number of aromatic nitrogens is 2. The number of nitrogens with one attached hydrogen (secondary N) is 1. The summed E-state index contributed by atoms with van der Waals surface area (Å²) in [5.74, 6) is -0.172. The van der Waals surface area contributed by atoms with Crippen LogP contribution in [0, 0.1) is 0 Å². The van der Waals surface area contributed by atoms with Gasteiger partial charge in [0.15, 0.2) is 22.9 Å². The molecule has 1 aliphatic heterocycles. The van der Waals surface area contributed by atoms with Gasteiger partial charge < -0.3 is 27.8 Å². The van der Waals surface area contributed by atoms with Crippen LogP contribution in [0.2, 0.25) is 36.3 Å². The van der Waals surface area contributed by atoms with Gasteiger partial charge in [-0.15, -0.1) is 0 Å². The summed E-state index contributed by atoms with van der Waals surface area (Å²) in [6.07, 6.45) is -1.91. The van der Waals surface area contributed by atoms with E-state index in [0.717, 1.165) is 4.57 Å². The summed E-state index contributed by atoms with van der Waals surface area (Å²) < 4.78 is 40.1. The minimum absolute atomic E-state index is 0.00118. The maximum absolute atomic E-state index is 14.4. The van der Waals surface area contributed by atoms with Crippen molar-refractivity contribution in [1.29, 1.82) is 0 Å². The number of amides is 1. The number of benzene rings is 1. The van der Waals surface area contributed by atoms with Crippen LogP contribution in [0.15, 0.2) is 57.9 Å². The molecule has 1 aromatic heterocycles. The number of esters is 1. The molecule has 1 fully saturated rings. The van der Waals surface area contributed by atoms with Crippen molar-refractivity contribution in [2.24, 2.45) is 0 Å². The summed E-state index contributed by atoms with van der Waals surface area (Å²) in [4.78, 5) is 54.6. The Labute approximate surface area is 328 Å². The lowest BCUT2D eigenvalue weighted by molar-refractivity contribution is -0.150. The molecule has 2 aromatic rings. The summed E-state index contributed by atoms with van der Waals surface area (Å²) in [6, 6.07) is 8.42. The molecule has 1 saturated heterocycles. The summed E-state index contributed by atoms with van der Waals surface area (Å²) in [5.41, 5.74) is -2.37. The van der Waals surface area contributed by atoms with Gasteiger partial charge in [0.25, 0.3) is 5.56 Å². The number of nitrogens with zero attached hydrogens (tertiary/aromatic N) is 2. The van der Waals surface area contributed by atoms with Gasteiger partial charge in [-0.05, 0) is 102 Å². The van der Waals surface area contributed by atoms with Crippen LogP contribution in [-0.2, 0) is 34.4 Å². The molecule has 55 heavy (non-hydrogen) atoms. The lowest BCUT2D eigenvalue weighted by Gasteiger charge is -2.44. The fourth-order valence-corrected chi connectivity index (χ4v) is 7.76. The van der Waals surface area contributed by atoms with Crippen LogP contribution >= 0.6 is 0 Å². The maximum atomic E-state index is 14.4. The molecule has 1 N–H and O–H groups in total. The standard InChI is InChI=1S/C40H65N3O10Si2/c1-37(2,3)50-34(45)28(41-35(46)51-38(4,5)6)24-29-31(52-54(14,15)39(7,8)9)32(53-55(16,17)40(10,11)12)33(49-29)42-23-22-30(44)43(36(42)47)25-26-18-20-27(48-13)21-19-26/h18-24,29,31-33H,25H2,1-17H3,(H,41,46)/b28-24-/t29-,31-,32-,33-/m1/s1. The number of hydrogen-bond acceptors (Lipinski definition) is 10. The van der Waals surface area contributed by atoms with Crippen LogP contribution in [0.1, 0.15) is 94.9 Å². The van der Waals surface area contributed by atoms with E-state index >= 15 is 0 Å². The highest BCUT2D eigenvalue weighted by Crippen LogP contribution is 2.46. The molecule has 4 atom stereocenters. The third kappa shape index (κ3) is 12.0. The average molecular weight is 804 g/mol. The Morgan fingerprint density at radius 3 is 1.76 bits per heavy atom. The van der Waals surface area contributed by atoms with Crippen molar-refractivity contribution in [1.82, 2.24) is 14.5 Å². The van der Waals surface area contributed by atoms with Crippen LogP contribution in [0.4, 0.5) is 4.79 Å². The zero-order valence-corrected chi connectivity index (χ0v) is 38.0. The van der Waals surface area contributed by atoms with Crippen molar-refractivity contribution in [3.63, 3.8) is 0 Å². The van der Waals surface area contributed by atoms with Gasteiger partial charge >= 0.3 is 17.8 Å². The normalized spacial score (nSPS) is 20.3. The molecule has 1 aromatic carbocycles. The van der Waals surface area contributed by atoms with Gasteiger partial charge in [-0.1, -0.05) is 53.7 Å². The first kappa shape index (κ1) is 45.9. The Kier molecular flexibility index (Phi) is 13.8. The van der Waals surface area contributed by atoms with Crippen LogP contribution in [0.25, 0.3) is 0 Å². The Hall–Kier alpha value is -3.51. The van der Waals surface area contributed by atoms with E-state index in [1.807, 2.05) is 0 Å². The third-order valence-electron chi connectivity index (χ3n) is 10.2. The van der Waals surface area contributed by atoms with Crippen molar-refractivity contribution in [3.05, 3.63) is 74.7 Å². The Morgan fingerprint density at radius 1 is 0.782 bits per heavy atom. The van der Waals surface area contributed by atoms with E-state index in [0.29, 0.717) is 11.3 Å². The number of rotatable bonds is 11. The van der Waals surface area contributed by atoms with E-state index in [2.05, 4.69) is 73.0 Å². The molecule has 0 saturated carbocycles. The van der Waals surface area contributed by atoms with Crippen LogP contribution in [0.5, 0.6) is 5.75 Å².